The fraction of sp³-hybridized carbons (Fsp3) is 0.208. The van der Waals surface area contributed by atoms with Crippen molar-refractivity contribution in [2.24, 2.45) is 5.73 Å². The maximum absolute atomic E-state index is 14.4. The van der Waals surface area contributed by atoms with Crippen LogP contribution in [-0.4, -0.2) is 14.1 Å². The molecule has 4 aromatic rings. The number of nitrogens with zero attached hydrogens (tertiary/aromatic N) is 3. The van der Waals surface area contributed by atoms with Crippen molar-refractivity contribution in [1.29, 1.82) is 0 Å². The summed E-state index contributed by atoms with van der Waals surface area (Å²) in [4.78, 5) is 31.2. The lowest BCUT2D eigenvalue weighted by atomic mass is 10.1. The van der Waals surface area contributed by atoms with E-state index in [-0.39, 0.29) is 29.9 Å². The first-order valence-corrected chi connectivity index (χ1v) is 11.2. The molecular formula is C24H22F2N4O2S. The Morgan fingerprint density at radius 1 is 1.00 bits per heavy atom. The highest BCUT2D eigenvalue weighted by Gasteiger charge is 2.22. The lowest BCUT2D eigenvalue weighted by Crippen LogP contribution is -2.44. The fourth-order valence-electron chi connectivity index (χ4n) is 3.76. The predicted molar refractivity (Wildman–Crippen MR) is 124 cm³/mol. The van der Waals surface area contributed by atoms with Crippen molar-refractivity contribution < 1.29 is 8.78 Å². The molecule has 9 heteroatoms. The Hall–Kier alpha value is -3.43. The van der Waals surface area contributed by atoms with E-state index in [1.165, 1.54) is 22.0 Å². The molecule has 33 heavy (non-hydrogen) atoms. The molecule has 0 unspecified atom stereocenters. The standard InChI is InChI=1S/C24H22F2N4O2S/c1-14-22(21-13-33-15(2)28-21)23(31)30(12-20(27)16-7-4-3-5-8-16)24(32)29(14)11-17-18(25)9-6-10-19(17)26/h3-10,13,20H,11-12,27H2,1-2H3/t20-/m0/s1. The second kappa shape index (κ2) is 9.21. The molecule has 2 N–H and O–H groups in total. The normalized spacial score (nSPS) is 12.2. The van der Waals surface area contributed by atoms with Crippen molar-refractivity contribution >= 4 is 11.3 Å². The van der Waals surface area contributed by atoms with Gasteiger partial charge in [-0.15, -0.1) is 11.3 Å². The van der Waals surface area contributed by atoms with Crippen LogP contribution in [0, 0.1) is 25.5 Å². The Kier molecular flexibility index (Phi) is 6.35. The molecule has 0 saturated heterocycles. The summed E-state index contributed by atoms with van der Waals surface area (Å²) in [6, 6.07) is 12.0. The van der Waals surface area contributed by atoms with Crippen LogP contribution < -0.4 is 17.0 Å². The molecule has 0 saturated carbocycles. The van der Waals surface area contributed by atoms with Crippen LogP contribution in [0.25, 0.3) is 11.3 Å². The minimum Gasteiger partial charge on any atom is -0.322 e. The van der Waals surface area contributed by atoms with Gasteiger partial charge in [-0.1, -0.05) is 36.4 Å². The van der Waals surface area contributed by atoms with Crippen molar-refractivity contribution in [3.63, 3.8) is 0 Å². The van der Waals surface area contributed by atoms with Crippen molar-refractivity contribution in [2.45, 2.75) is 33.0 Å². The second-order valence-electron chi connectivity index (χ2n) is 7.71. The van der Waals surface area contributed by atoms with Crippen LogP contribution in [0.3, 0.4) is 0 Å². The fourth-order valence-corrected chi connectivity index (χ4v) is 4.37. The van der Waals surface area contributed by atoms with Gasteiger partial charge in [-0.2, -0.15) is 0 Å². The summed E-state index contributed by atoms with van der Waals surface area (Å²) in [6.45, 7) is 2.91. The zero-order chi connectivity index (χ0) is 23.7. The number of nitrogens with two attached hydrogens (primary N) is 1. The molecule has 0 bridgehead atoms. The maximum atomic E-state index is 14.4. The zero-order valence-corrected chi connectivity index (χ0v) is 18.9. The van der Waals surface area contributed by atoms with Crippen LogP contribution in [0.4, 0.5) is 8.78 Å². The number of aryl methyl sites for hydroxylation is 1. The third kappa shape index (κ3) is 4.42. The van der Waals surface area contributed by atoms with E-state index in [0.29, 0.717) is 5.69 Å². The Bertz CT molecular complexity index is 1410. The van der Waals surface area contributed by atoms with Crippen molar-refractivity contribution in [1.82, 2.24) is 14.1 Å². The molecule has 1 atom stereocenters. The van der Waals surface area contributed by atoms with Gasteiger partial charge < -0.3 is 5.73 Å². The number of rotatable bonds is 6. The van der Waals surface area contributed by atoms with E-state index in [9.17, 15) is 18.4 Å². The summed E-state index contributed by atoms with van der Waals surface area (Å²) in [7, 11) is 0. The molecule has 0 spiro atoms. The summed E-state index contributed by atoms with van der Waals surface area (Å²) in [5.74, 6) is -1.54. The number of thiazole rings is 1. The largest absolute Gasteiger partial charge is 0.331 e. The molecular weight excluding hydrogens is 446 g/mol. The molecule has 170 valence electrons. The van der Waals surface area contributed by atoms with Gasteiger partial charge in [-0.3, -0.25) is 13.9 Å². The molecule has 6 nitrogen and oxygen atoms in total. The van der Waals surface area contributed by atoms with Crippen molar-refractivity contribution in [3.05, 3.63) is 108 Å². The number of hydrogen-bond donors (Lipinski definition) is 1. The average Bonchev–Trinajstić information content (AvgIpc) is 3.22. The summed E-state index contributed by atoms with van der Waals surface area (Å²) in [5, 5.41) is 2.47. The van der Waals surface area contributed by atoms with E-state index in [4.69, 9.17) is 5.73 Å². The highest BCUT2D eigenvalue weighted by Crippen LogP contribution is 2.23. The number of halogens is 2. The Morgan fingerprint density at radius 3 is 2.27 bits per heavy atom. The Morgan fingerprint density at radius 2 is 1.67 bits per heavy atom. The van der Waals surface area contributed by atoms with Crippen molar-refractivity contribution in [3.8, 4) is 11.3 Å². The predicted octanol–water partition coefficient (Wildman–Crippen LogP) is 3.78. The number of benzene rings is 2. The van der Waals surface area contributed by atoms with Crippen LogP contribution in [-0.2, 0) is 13.1 Å². The quantitative estimate of drug-likeness (QED) is 0.467. The van der Waals surface area contributed by atoms with E-state index >= 15 is 0 Å². The molecule has 2 heterocycles. The van der Waals surface area contributed by atoms with Crippen LogP contribution >= 0.6 is 11.3 Å². The van der Waals surface area contributed by atoms with Crippen LogP contribution in [0.15, 0.2) is 63.5 Å². The number of hydrogen-bond acceptors (Lipinski definition) is 5. The molecule has 0 fully saturated rings. The smallest absolute Gasteiger partial charge is 0.322 e. The first-order valence-electron chi connectivity index (χ1n) is 10.3. The third-order valence-electron chi connectivity index (χ3n) is 5.55. The summed E-state index contributed by atoms with van der Waals surface area (Å²) >= 11 is 1.36. The highest BCUT2D eigenvalue weighted by molar-refractivity contribution is 7.09. The minimum absolute atomic E-state index is 0.0994. The lowest BCUT2D eigenvalue weighted by molar-refractivity contribution is 0.493. The first-order chi connectivity index (χ1) is 15.8. The van der Waals surface area contributed by atoms with Gasteiger partial charge >= 0.3 is 5.69 Å². The van der Waals surface area contributed by atoms with Gasteiger partial charge in [0.2, 0.25) is 0 Å². The highest BCUT2D eigenvalue weighted by atomic mass is 32.1. The lowest BCUT2D eigenvalue weighted by Gasteiger charge is -2.19. The van der Waals surface area contributed by atoms with E-state index in [1.807, 2.05) is 30.3 Å². The summed E-state index contributed by atoms with van der Waals surface area (Å²) in [6.07, 6.45) is 0. The van der Waals surface area contributed by atoms with E-state index in [2.05, 4.69) is 4.98 Å². The van der Waals surface area contributed by atoms with Gasteiger partial charge in [0.05, 0.1) is 29.4 Å². The van der Waals surface area contributed by atoms with Crippen LogP contribution in [0.5, 0.6) is 0 Å². The van der Waals surface area contributed by atoms with Crippen molar-refractivity contribution in [2.75, 3.05) is 0 Å². The van der Waals surface area contributed by atoms with E-state index in [1.54, 1.807) is 19.2 Å². The van der Waals surface area contributed by atoms with Gasteiger partial charge in [0.1, 0.15) is 11.6 Å². The molecule has 0 aliphatic rings. The SMILES string of the molecule is Cc1nc(-c2c(C)n(Cc3c(F)cccc3F)c(=O)n(C[C@H](N)c3ccccc3)c2=O)cs1. The van der Waals surface area contributed by atoms with Gasteiger partial charge in [0.15, 0.2) is 0 Å². The van der Waals surface area contributed by atoms with Gasteiger partial charge in [-0.25, -0.2) is 18.6 Å². The summed E-state index contributed by atoms with van der Waals surface area (Å²) < 4.78 is 31.0. The van der Waals surface area contributed by atoms with Crippen LogP contribution in [0.2, 0.25) is 0 Å². The summed E-state index contributed by atoms with van der Waals surface area (Å²) in [5.41, 5.74) is 6.45. The molecule has 0 aliphatic carbocycles. The molecule has 2 aromatic heterocycles. The topological polar surface area (TPSA) is 82.9 Å². The maximum Gasteiger partial charge on any atom is 0.331 e. The monoisotopic (exact) mass is 468 g/mol. The molecule has 0 radical (unpaired) electrons. The zero-order valence-electron chi connectivity index (χ0n) is 18.1. The third-order valence-corrected chi connectivity index (χ3v) is 6.32. The molecule has 4 rings (SSSR count). The van der Waals surface area contributed by atoms with Gasteiger partial charge in [-0.05, 0) is 31.5 Å². The molecule has 0 amide bonds. The van der Waals surface area contributed by atoms with E-state index in [0.717, 1.165) is 27.3 Å². The Labute approximate surface area is 192 Å². The van der Waals surface area contributed by atoms with Gasteiger partial charge in [0, 0.05) is 22.7 Å². The molecule has 0 aliphatic heterocycles. The van der Waals surface area contributed by atoms with Gasteiger partial charge in [0.25, 0.3) is 5.56 Å². The number of aromatic nitrogens is 3. The first kappa shape index (κ1) is 22.8. The molecule has 2 aromatic carbocycles. The average molecular weight is 469 g/mol. The van der Waals surface area contributed by atoms with Crippen LogP contribution in [0.1, 0.15) is 27.9 Å². The Balaban J connectivity index is 1.91. The minimum atomic E-state index is -0.772. The second-order valence-corrected chi connectivity index (χ2v) is 8.78. The van der Waals surface area contributed by atoms with E-state index < -0.39 is 28.9 Å².